The minimum atomic E-state index is 0.677. The molecule has 0 amide bonds. The summed E-state index contributed by atoms with van der Waals surface area (Å²) in [5, 5.41) is 8.40. The van der Waals surface area contributed by atoms with Gasteiger partial charge in [0.1, 0.15) is 0 Å². The zero-order valence-electron chi connectivity index (χ0n) is 29.6. The summed E-state index contributed by atoms with van der Waals surface area (Å²) in [5.74, 6) is 0.677. The van der Waals surface area contributed by atoms with E-state index < -0.39 is 0 Å². The lowest BCUT2D eigenvalue weighted by molar-refractivity contribution is 1.18. The fourth-order valence-corrected chi connectivity index (χ4v) is 9.28. The number of fused-ring (bicyclic) bond motifs is 8. The first-order valence-corrected chi connectivity index (χ1v) is 19.3. The van der Waals surface area contributed by atoms with Crippen molar-refractivity contribution in [3.63, 3.8) is 0 Å². The van der Waals surface area contributed by atoms with E-state index in [-0.39, 0.29) is 0 Å². The van der Waals surface area contributed by atoms with Crippen LogP contribution in [0.4, 0.5) is 0 Å². The molecule has 4 heteroatoms. The summed E-state index contributed by atoms with van der Waals surface area (Å²) < 4.78 is 2.48. The Balaban J connectivity index is 1.19. The molecule has 55 heavy (non-hydrogen) atoms. The molecule has 3 nitrogen and oxygen atoms in total. The summed E-state index contributed by atoms with van der Waals surface area (Å²) >= 11 is 1.84. The standard InChI is InChI=1S/C51H31N3S/c1-3-14-32(15-4-1)33-26-28-35(29-27-33)51-52-44(34-16-5-2-6-17-34)31-45(53-51)40-23-13-24-42-48(40)54-49(47-41-22-11-12-25-46(41)55-50(42)47)43-30-36-18-7-8-19-37(36)38-20-9-10-21-39(38)43/h1-31H. The normalized spacial score (nSPS) is 11.6. The number of hydrogen-bond acceptors (Lipinski definition) is 4. The average Bonchev–Trinajstić information content (AvgIpc) is 3.66. The van der Waals surface area contributed by atoms with Crippen LogP contribution in [0, 0.1) is 0 Å². The van der Waals surface area contributed by atoms with Gasteiger partial charge in [-0.2, -0.15) is 0 Å². The van der Waals surface area contributed by atoms with Crippen LogP contribution in [-0.4, -0.2) is 15.0 Å². The van der Waals surface area contributed by atoms with Gasteiger partial charge in [0.05, 0.1) is 22.6 Å². The fraction of sp³-hybridized carbons (Fsp3) is 0. The smallest absolute Gasteiger partial charge is 0.160 e. The predicted molar refractivity (Wildman–Crippen MR) is 232 cm³/mol. The molecular weight excluding hydrogens is 687 g/mol. The highest BCUT2D eigenvalue weighted by Gasteiger charge is 2.21. The lowest BCUT2D eigenvalue weighted by Crippen LogP contribution is -1.98. The summed E-state index contributed by atoms with van der Waals surface area (Å²) in [4.78, 5) is 16.2. The largest absolute Gasteiger partial charge is 0.246 e. The molecule has 3 heterocycles. The van der Waals surface area contributed by atoms with Crippen LogP contribution >= 0.6 is 11.3 Å². The van der Waals surface area contributed by atoms with Gasteiger partial charge in [-0.05, 0) is 50.9 Å². The number of rotatable bonds is 5. The number of thiophene rings is 1. The van der Waals surface area contributed by atoms with Gasteiger partial charge in [-0.15, -0.1) is 11.3 Å². The Labute approximate surface area is 321 Å². The maximum Gasteiger partial charge on any atom is 0.160 e. The van der Waals surface area contributed by atoms with Crippen molar-refractivity contribution in [2.24, 2.45) is 0 Å². The van der Waals surface area contributed by atoms with E-state index in [1.54, 1.807) is 0 Å². The highest BCUT2D eigenvalue weighted by Crippen LogP contribution is 2.46. The first-order valence-electron chi connectivity index (χ1n) is 18.5. The topological polar surface area (TPSA) is 38.7 Å². The molecule has 0 aliphatic carbocycles. The maximum atomic E-state index is 5.73. The highest BCUT2D eigenvalue weighted by atomic mass is 32.1. The number of aromatic nitrogens is 3. The summed E-state index contributed by atoms with van der Waals surface area (Å²) in [6.07, 6.45) is 0. The van der Waals surface area contributed by atoms with E-state index in [1.807, 2.05) is 23.5 Å². The molecule has 0 bridgehead atoms. The average molecular weight is 718 g/mol. The second kappa shape index (κ2) is 12.8. The minimum absolute atomic E-state index is 0.677. The van der Waals surface area contributed by atoms with Gasteiger partial charge < -0.3 is 0 Å². The molecule has 8 aromatic carbocycles. The van der Waals surface area contributed by atoms with Gasteiger partial charge in [0.25, 0.3) is 0 Å². The van der Waals surface area contributed by atoms with Gasteiger partial charge in [-0.1, -0.05) is 170 Å². The number of para-hydroxylation sites is 1. The van der Waals surface area contributed by atoms with Crippen LogP contribution in [-0.2, 0) is 0 Å². The Hall–Kier alpha value is -7.01. The van der Waals surface area contributed by atoms with E-state index in [0.29, 0.717) is 5.82 Å². The summed E-state index contributed by atoms with van der Waals surface area (Å²) in [7, 11) is 0. The molecule has 0 aliphatic rings. The van der Waals surface area contributed by atoms with E-state index in [0.717, 1.165) is 55.8 Å². The first kappa shape index (κ1) is 31.5. The zero-order valence-corrected chi connectivity index (χ0v) is 30.5. The molecule has 0 unspecified atom stereocenters. The number of nitrogens with zero attached hydrogens (tertiary/aromatic N) is 3. The highest BCUT2D eigenvalue weighted by molar-refractivity contribution is 7.26. The van der Waals surface area contributed by atoms with E-state index in [2.05, 4.69) is 176 Å². The van der Waals surface area contributed by atoms with Gasteiger partial charge in [-0.25, -0.2) is 15.0 Å². The van der Waals surface area contributed by atoms with Crippen molar-refractivity contribution in [1.29, 1.82) is 0 Å². The molecule has 0 saturated carbocycles. The molecule has 11 rings (SSSR count). The molecule has 0 spiro atoms. The Morgan fingerprint density at radius 2 is 0.964 bits per heavy atom. The van der Waals surface area contributed by atoms with Crippen molar-refractivity contribution in [3.05, 3.63) is 188 Å². The molecule has 11 aromatic rings. The molecule has 0 fully saturated rings. The second-order valence-corrected chi connectivity index (χ2v) is 15.0. The minimum Gasteiger partial charge on any atom is -0.246 e. The molecule has 0 saturated heterocycles. The lowest BCUT2D eigenvalue weighted by atomic mass is 9.93. The SMILES string of the molecule is c1ccc(-c2ccc(-c3nc(-c4ccccc4)cc(-c4cccc5c4nc(-c4cc6ccccc6c6ccccc46)c4c6ccccc6sc54)n3)cc2)cc1. The zero-order chi connectivity index (χ0) is 36.3. The predicted octanol–water partition coefficient (Wildman–Crippen LogP) is 14.0. The van der Waals surface area contributed by atoms with Crippen LogP contribution in [0.25, 0.3) is 109 Å². The van der Waals surface area contributed by atoms with Crippen LogP contribution in [0.2, 0.25) is 0 Å². The van der Waals surface area contributed by atoms with Crippen molar-refractivity contribution in [2.45, 2.75) is 0 Å². The summed E-state index contributed by atoms with van der Waals surface area (Å²) in [6.45, 7) is 0. The van der Waals surface area contributed by atoms with Gasteiger partial charge in [0.15, 0.2) is 5.82 Å². The van der Waals surface area contributed by atoms with Crippen LogP contribution < -0.4 is 0 Å². The van der Waals surface area contributed by atoms with Crippen LogP contribution in [0.1, 0.15) is 0 Å². The molecule has 0 aliphatic heterocycles. The molecular formula is C51H31N3S. The molecule has 3 aromatic heterocycles. The Morgan fingerprint density at radius 3 is 1.76 bits per heavy atom. The van der Waals surface area contributed by atoms with Crippen molar-refractivity contribution < 1.29 is 0 Å². The van der Waals surface area contributed by atoms with Gasteiger partial charge in [0, 0.05) is 47.8 Å². The third-order valence-electron chi connectivity index (χ3n) is 10.7. The third kappa shape index (κ3) is 5.30. The van der Waals surface area contributed by atoms with Crippen molar-refractivity contribution in [2.75, 3.05) is 0 Å². The Bertz CT molecular complexity index is 3240. The van der Waals surface area contributed by atoms with Crippen molar-refractivity contribution in [3.8, 4) is 56.3 Å². The maximum absolute atomic E-state index is 5.73. The Kier molecular flexibility index (Phi) is 7.35. The second-order valence-electron chi connectivity index (χ2n) is 13.9. The van der Waals surface area contributed by atoms with Gasteiger partial charge in [-0.3, -0.25) is 0 Å². The molecule has 0 atom stereocenters. The van der Waals surface area contributed by atoms with Crippen LogP contribution in [0.5, 0.6) is 0 Å². The number of pyridine rings is 1. The number of hydrogen-bond donors (Lipinski definition) is 0. The quantitative estimate of drug-likeness (QED) is 0.166. The number of benzene rings is 8. The Morgan fingerprint density at radius 1 is 0.364 bits per heavy atom. The van der Waals surface area contributed by atoms with Gasteiger partial charge >= 0.3 is 0 Å². The summed E-state index contributed by atoms with van der Waals surface area (Å²) in [5.41, 5.74) is 10.1. The van der Waals surface area contributed by atoms with Crippen molar-refractivity contribution in [1.82, 2.24) is 15.0 Å². The van der Waals surface area contributed by atoms with Crippen LogP contribution in [0.3, 0.4) is 0 Å². The van der Waals surface area contributed by atoms with E-state index in [1.165, 1.54) is 47.3 Å². The van der Waals surface area contributed by atoms with E-state index in [9.17, 15) is 0 Å². The van der Waals surface area contributed by atoms with E-state index in [4.69, 9.17) is 15.0 Å². The monoisotopic (exact) mass is 717 g/mol. The fourth-order valence-electron chi connectivity index (χ4n) is 8.05. The van der Waals surface area contributed by atoms with Crippen LogP contribution in [0.15, 0.2) is 188 Å². The molecule has 0 N–H and O–H groups in total. The first-order chi connectivity index (χ1) is 27.3. The summed E-state index contributed by atoms with van der Waals surface area (Å²) in [6, 6.07) is 66.5. The molecule has 256 valence electrons. The lowest BCUT2D eigenvalue weighted by Gasteiger charge is -2.15. The third-order valence-corrected chi connectivity index (χ3v) is 11.9. The van der Waals surface area contributed by atoms with Gasteiger partial charge in [0.2, 0.25) is 0 Å². The van der Waals surface area contributed by atoms with Crippen molar-refractivity contribution >= 4 is 64.0 Å². The van der Waals surface area contributed by atoms with E-state index >= 15 is 0 Å². The molecule has 0 radical (unpaired) electrons.